The van der Waals surface area contributed by atoms with Gasteiger partial charge in [-0.1, -0.05) is 239 Å². The lowest BCUT2D eigenvalue weighted by Gasteiger charge is -2.19. The summed E-state index contributed by atoms with van der Waals surface area (Å²) in [7, 11) is -4.37. The fourth-order valence-electron chi connectivity index (χ4n) is 7.52. The van der Waals surface area contributed by atoms with Crippen LogP contribution in [0.15, 0.2) is 0 Å². The lowest BCUT2D eigenvalue weighted by atomic mass is 10.0. The normalized spacial score (nSPS) is 13.1. The van der Waals surface area contributed by atoms with Gasteiger partial charge >= 0.3 is 19.8 Å². The highest BCUT2D eigenvalue weighted by Crippen LogP contribution is 2.43. The number of carbonyl (C=O) groups is 2. The Bertz CT molecular complexity index is 922. The maximum Gasteiger partial charge on any atom is 0.472 e. The lowest BCUT2D eigenvalue weighted by molar-refractivity contribution is -0.161. The first-order chi connectivity index (χ1) is 28.3. The summed E-state index contributed by atoms with van der Waals surface area (Å²) in [5.41, 5.74) is 5.35. The molecule has 0 aliphatic heterocycles. The summed E-state index contributed by atoms with van der Waals surface area (Å²) >= 11 is 0. The van der Waals surface area contributed by atoms with Gasteiger partial charge in [0, 0.05) is 19.4 Å². The van der Waals surface area contributed by atoms with Crippen molar-refractivity contribution in [2.45, 2.75) is 270 Å². The Morgan fingerprint density at radius 3 is 1.05 bits per heavy atom. The minimum absolute atomic E-state index is 0.0580. The van der Waals surface area contributed by atoms with Crippen molar-refractivity contribution >= 4 is 19.8 Å². The molecule has 0 aromatic heterocycles. The van der Waals surface area contributed by atoms with E-state index in [0.29, 0.717) is 6.42 Å². The number of hydrogen-bond donors (Lipinski definition) is 2. The molecule has 0 rings (SSSR count). The van der Waals surface area contributed by atoms with Gasteiger partial charge in [-0.05, 0) is 12.8 Å². The van der Waals surface area contributed by atoms with Crippen molar-refractivity contribution in [3.8, 4) is 0 Å². The van der Waals surface area contributed by atoms with Crippen LogP contribution in [0.3, 0.4) is 0 Å². The second-order valence-corrected chi connectivity index (χ2v) is 18.5. The highest BCUT2D eigenvalue weighted by Gasteiger charge is 2.26. The van der Waals surface area contributed by atoms with Crippen LogP contribution in [0.5, 0.6) is 0 Å². The minimum Gasteiger partial charge on any atom is -0.462 e. The molecule has 0 amide bonds. The van der Waals surface area contributed by atoms with Crippen LogP contribution in [-0.2, 0) is 32.7 Å². The van der Waals surface area contributed by atoms with Crippen molar-refractivity contribution in [1.82, 2.24) is 0 Å². The van der Waals surface area contributed by atoms with Gasteiger partial charge in [-0.3, -0.25) is 18.6 Å². The molecule has 0 spiro atoms. The average Bonchev–Trinajstić information content (AvgIpc) is 3.21. The quantitative estimate of drug-likeness (QED) is 0.0349. The van der Waals surface area contributed by atoms with Crippen molar-refractivity contribution in [1.29, 1.82) is 0 Å². The van der Waals surface area contributed by atoms with Gasteiger partial charge in [0.25, 0.3) is 0 Å². The molecule has 0 saturated carbocycles. The highest BCUT2D eigenvalue weighted by molar-refractivity contribution is 7.47. The number of rotatable bonds is 48. The van der Waals surface area contributed by atoms with Crippen molar-refractivity contribution in [2.75, 3.05) is 26.4 Å². The van der Waals surface area contributed by atoms with Gasteiger partial charge in [0.05, 0.1) is 13.2 Å². The summed E-state index contributed by atoms with van der Waals surface area (Å²) in [4.78, 5) is 34.8. The zero-order valence-corrected chi connectivity index (χ0v) is 39.2. The summed E-state index contributed by atoms with van der Waals surface area (Å²) in [6, 6.07) is 0. The van der Waals surface area contributed by atoms with Crippen LogP contribution in [0.1, 0.15) is 264 Å². The molecule has 0 radical (unpaired) electrons. The predicted molar refractivity (Wildman–Crippen MR) is 243 cm³/mol. The number of hydrogen-bond acceptors (Lipinski definition) is 8. The summed E-state index contributed by atoms with van der Waals surface area (Å²) in [5, 5.41) is 0. The molecule has 0 aromatic rings. The summed E-state index contributed by atoms with van der Waals surface area (Å²) < 4.78 is 32.8. The number of phosphoric acid groups is 1. The number of phosphoric ester groups is 1. The van der Waals surface area contributed by atoms with E-state index in [1.54, 1.807) is 0 Å². The molecule has 9 nitrogen and oxygen atoms in total. The zero-order chi connectivity index (χ0) is 42.5. The molecule has 346 valence electrons. The summed E-state index contributed by atoms with van der Waals surface area (Å²) in [6.45, 7) is 3.76. The van der Waals surface area contributed by atoms with Crippen molar-refractivity contribution in [3.05, 3.63) is 0 Å². The van der Waals surface area contributed by atoms with Crippen molar-refractivity contribution in [2.24, 2.45) is 5.73 Å². The minimum atomic E-state index is -4.37. The molecule has 2 atom stereocenters. The number of nitrogens with two attached hydrogens (primary N) is 1. The van der Waals surface area contributed by atoms with E-state index in [4.69, 9.17) is 24.3 Å². The second kappa shape index (κ2) is 45.5. The van der Waals surface area contributed by atoms with E-state index in [1.807, 2.05) is 0 Å². The highest BCUT2D eigenvalue weighted by atomic mass is 31.2. The van der Waals surface area contributed by atoms with E-state index >= 15 is 0 Å². The summed E-state index contributed by atoms with van der Waals surface area (Å²) in [6.07, 6.45) is 47.4. The third-order valence-electron chi connectivity index (χ3n) is 11.2. The van der Waals surface area contributed by atoms with Gasteiger partial charge in [-0.2, -0.15) is 0 Å². The zero-order valence-electron chi connectivity index (χ0n) is 38.3. The lowest BCUT2D eigenvalue weighted by Crippen LogP contribution is -2.29. The Morgan fingerprint density at radius 1 is 0.448 bits per heavy atom. The van der Waals surface area contributed by atoms with Crippen molar-refractivity contribution < 1.29 is 37.6 Å². The van der Waals surface area contributed by atoms with E-state index < -0.39 is 26.5 Å². The maximum absolute atomic E-state index is 12.6. The topological polar surface area (TPSA) is 134 Å². The number of ether oxygens (including phenoxy) is 2. The number of unbranched alkanes of at least 4 members (excludes halogenated alkanes) is 35. The summed E-state index contributed by atoms with van der Waals surface area (Å²) in [5.74, 6) is -0.814. The molecule has 0 bridgehead atoms. The molecule has 0 saturated heterocycles. The Balaban J connectivity index is 3.83. The van der Waals surface area contributed by atoms with Crippen LogP contribution >= 0.6 is 7.82 Å². The Kier molecular flexibility index (Phi) is 44.8. The third kappa shape index (κ3) is 44.6. The standard InChI is InChI=1S/C48H96NO8P/c1-3-5-7-9-11-13-14-15-16-17-18-19-20-21-22-23-24-25-26-27-28-29-30-31-33-35-37-39-41-48(51)57-46(45-56-58(52,53)55-43-42-49)44-54-47(50)40-38-36-34-32-12-10-8-6-4-2/h46H,3-45,49H2,1-2H3,(H,52,53). The molecule has 0 heterocycles. The molecule has 0 aromatic carbocycles. The third-order valence-corrected chi connectivity index (χ3v) is 12.2. The van der Waals surface area contributed by atoms with Crippen molar-refractivity contribution in [3.63, 3.8) is 0 Å². The largest absolute Gasteiger partial charge is 0.472 e. The maximum atomic E-state index is 12.6. The molecular formula is C48H96NO8P. The first-order valence-electron chi connectivity index (χ1n) is 25.0. The van der Waals surface area contributed by atoms with Crippen LogP contribution in [0.25, 0.3) is 0 Å². The fourth-order valence-corrected chi connectivity index (χ4v) is 8.29. The monoisotopic (exact) mass is 846 g/mol. The van der Waals surface area contributed by atoms with Crippen LogP contribution < -0.4 is 5.73 Å². The van der Waals surface area contributed by atoms with Crippen LogP contribution in [0, 0.1) is 0 Å². The van der Waals surface area contributed by atoms with Crippen LogP contribution in [0.4, 0.5) is 0 Å². The number of carbonyl (C=O) groups excluding carboxylic acids is 2. The van der Waals surface area contributed by atoms with Gasteiger partial charge < -0.3 is 20.1 Å². The van der Waals surface area contributed by atoms with E-state index in [-0.39, 0.29) is 38.6 Å². The molecule has 0 fully saturated rings. The first kappa shape index (κ1) is 57.0. The SMILES string of the molecule is CCCCCCCCCCCCCCCCCCCCCCCCCCCCCCC(=O)OC(COC(=O)CCCCCCCCCCC)COP(=O)(O)OCCN. The molecule has 2 unspecified atom stereocenters. The van der Waals surface area contributed by atoms with Crippen LogP contribution in [-0.4, -0.2) is 49.3 Å². The Morgan fingerprint density at radius 2 is 0.741 bits per heavy atom. The van der Waals surface area contributed by atoms with E-state index in [2.05, 4.69) is 13.8 Å². The van der Waals surface area contributed by atoms with E-state index in [1.165, 1.54) is 199 Å². The van der Waals surface area contributed by atoms with Gasteiger partial charge in [-0.15, -0.1) is 0 Å². The second-order valence-electron chi connectivity index (χ2n) is 17.1. The van der Waals surface area contributed by atoms with Gasteiger partial charge in [0.1, 0.15) is 6.61 Å². The van der Waals surface area contributed by atoms with E-state index in [9.17, 15) is 19.0 Å². The van der Waals surface area contributed by atoms with Gasteiger partial charge in [-0.25, -0.2) is 4.57 Å². The number of esters is 2. The van der Waals surface area contributed by atoms with Gasteiger partial charge in [0.15, 0.2) is 6.10 Å². The smallest absolute Gasteiger partial charge is 0.462 e. The average molecular weight is 846 g/mol. The fraction of sp³-hybridized carbons (Fsp3) is 0.958. The van der Waals surface area contributed by atoms with E-state index in [0.717, 1.165) is 32.1 Å². The van der Waals surface area contributed by atoms with Crippen LogP contribution in [0.2, 0.25) is 0 Å². The molecular weight excluding hydrogens is 750 g/mol. The molecule has 10 heteroatoms. The molecule has 58 heavy (non-hydrogen) atoms. The molecule has 3 N–H and O–H groups in total. The Labute approximate surface area is 358 Å². The Hall–Kier alpha value is -0.990. The molecule has 0 aliphatic carbocycles. The molecule has 0 aliphatic rings. The first-order valence-corrected chi connectivity index (χ1v) is 26.5. The predicted octanol–water partition coefficient (Wildman–Crippen LogP) is 14.8. The van der Waals surface area contributed by atoms with Gasteiger partial charge in [0.2, 0.25) is 0 Å².